The van der Waals surface area contributed by atoms with Crippen molar-refractivity contribution >= 4 is 11.7 Å². The van der Waals surface area contributed by atoms with E-state index in [4.69, 9.17) is 5.73 Å². The highest BCUT2D eigenvalue weighted by Gasteiger charge is 2.35. The first-order chi connectivity index (χ1) is 9.17. The molecular weight excluding hydrogens is 238 g/mol. The summed E-state index contributed by atoms with van der Waals surface area (Å²) in [5.74, 6) is 0. The molecular formula is C15H23N3O. The molecule has 0 saturated heterocycles. The number of hydrogen-bond donors (Lipinski definition) is 3. The third-order valence-electron chi connectivity index (χ3n) is 4.21. The topological polar surface area (TPSA) is 67.2 Å². The van der Waals surface area contributed by atoms with Crippen LogP contribution in [0.1, 0.15) is 38.2 Å². The van der Waals surface area contributed by atoms with Gasteiger partial charge >= 0.3 is 6.03 Å². The van der Waals surface area contributed by atoms with Crippen LogP contribution >= 0.6 is 0 Å². The van der Waals surface area contributed by atoms with E-state index in [0.717, 1.165) is 24.2 Å². The molecule has 0 unspecified atom stereocenters. The summed E-state index contributed by atoms with van der Waals surface area (Å²) in [7, 11) is 0. The summed E-state index contributed by atoms with van der Waals surface area (Å²) in [5, 5.41) is 5.84. The molecule has 0 bridgehead atoms. The Kier molecular flexibility index (Phi) is 4.43. The Bertz CT molecular complexity index is 435. The van der Waals surface area contributed by atoms with Gasteiger partial charge in [-0.15, -0.1) is 0 Å². The van der Waals surface area contributed by atoms with Crippen molar-refractivity contribution < 1.29 is 4.79 Å². The van der Waals surface area contributed by atoms with Crippen molar-refractivity contribution in [2.45, 2.75) is 39.2 Å². The molecule has 1 aromatic carbocycles. The van der Waals surface area contributed by atoms with Crippen molar-refractivity contribution in [1.29, 1.82) is 0 Å². The van der Waals surface area contributed by atoms with E-state index >= 15 is 0 Å². The second kappa shape index (κ2) is 6.06. The van der Waals surface area contributed by atoms with Gasteiger partial charge in [0, 0.05) is 18.8 Å². The summed E-state index contributed by atoms with van der Waals surface area (Å²) in [5.41, 5.74) is 7.73. The van der Waals surface area contributed by atoms with Crippen molar-refractivity contribution in [2.24, 2.45) is 11.1 Å². The molecule has 104 valence electrons. The van der Waals surface area contributed by atoms with E-state index in [1.165, 1.54) is 19.3 Å². The van der Waals surface area contributed by atoms with Crippen LogP contribution in [0.15, 0.2) is 24.3 Å². The van der Waals surface area contributed by atoms with Gasteiger partial charge in [0.25, 0.3) is 0 Å². The van der Waals surface area contributed by atoms with Crippen LogP contribution in [0.3, 0.4) is 0 Å². The summed E-state index contributed by atoms with van der Waals surface area (Å²) in [6.07, 6.45) is 4.88. The first-order valence-electron chi connectivity index (χ1n) is 7.01. The van der Waals surface area contributed by atoms with E-state index < -0.39 is 0 Å². The minimum atomic E-state index is -0.131. The van der Waals surface area contributed by atoms with Gasteiger partial charge < -0.3 is 16.4 Å². The molecule has 4 N–H and O–H groups in total. The van der Waals surface area contributed by atoms with Crippen molar-refractivity contribution in [3.05, 3.63) is 29.8 Å². The maximum atomic E-state index is 11.9. The van der Waals surface area contributed by atoms with Crippen LogP contribution in [0, 0.1) is 5.41 Å². The predicted octanol–water partition coefficient (Wildman–Crippen LogP) is 2.85. The standard InChI is InChI=1S/C15H23N3O/c1-2-15(7-4-8-15)11-17-14(19)18-13-6-3-5-12(9-13)10-16/h3,5-6,9H,2,4,7-8,10-11,16H2,1H3,(H2,17,18,19). The molecule has 0 heterocycles. The highest BCUT2D eigenvalue weighted by atomic mass is 16.2. The fourth-order valence-corrected chi connectivity index (χ4v) is 2.55. The zero-order chi connectivity index (χ0) is 13.7. The molecule has 1 aliphatic rings. The Balaban J connectivity index is 1.83. The van der Waals surface area contributed by atoms with E-state index in [9.17, 15) is 4.79 Å². The predicted molar refractivity (Wildman–Crippen MR) is 77.9 cm³/mol. The summed E-state index contributed by atoms with van der Waals surface area (Å²) in [4.78, 5) is 11.9. The van der Waals surface area contributed by atoms with Crippen LogP contribution in [0.5, 0.6) is 0 Å². The van der Waals surface area contributed by atoms with Crippen molar-refractivity contribution in [1.82, 2.24) is 5.32 Å². The van der Waals surface area contributed by atoms with E-state index in [2.05, 4.69) is 17.6 Å². The van der Waals surface area contributed by atoms with Gasteiger partial charge in [0.2, 0.25) is 0 Å². The van der Waals surface area contributed by atoms with E-state index in [0.29, 0.717) is 12.0 Å². The van der Waals surface area contributed by atoms with E-state index in [1.54, 1.807) is 0 Å². The molecule has 2 amide bonds. The van der Waals surface area contributed by atoms with Gasteiger partial charge in [0.1, 0.15) is 0 Å². The molecule has 0 aromatic heterocycles. The largest absolute Gasteiger partial charge is 0.337 e. The van der Waals surface area contributed by atoms with Crippen molar-refractivity contribution in [3.63, 3.8) is 0 Å². The zero-order valence-electron chi connectivity index (χ0n) is 11.5. The number of amides is 2. The average Bonchev–Trinajstić information content (AvgIpc) is 2.38. The third kappa shape index (κ3) is 3.47. The van der Waals surface area contributed by atoms with Gasteiger partial charge in [-0.25, -0.2) is 4.79 Å². The Hall–Kier alpha value is -1.55. The number of carbonyl (C=O) groups excluding carboxylic acids is 1. The Morgan fingerprint density at radius 1 is 1.42 bits per heavy atom. The molecule has 1 saturated carbocycles. The quantitative estimate of drug-likeness (QED) is 0.763. The maximum absolute atomic E-state index is 11.9. The molecule has 19 heavy (non-hydrogen) atoms. The number of urea groups is 1. The minimum Gasteiger partial charge on any atom is -0.337 e. The Morgan fingerprint density at radius 2 is 2.21 bits per heavy atom. The number of carbonyl (C=O) groups is 1. The Morgan fingerprint density at radius 3 is 2.79 bits per heavy atom. The normalized spacial score (nSPS) is 16.5. The number of nitrogens with two attached hydrogens (primary N) is 1. The van der Waals surface area contributed by atoms with Crippen LogP contribution < -0.4 is 16.4 Å². The SMILES string of the molecule is CCC1(CNC(=O)Nc2cccc(CN)c2)CCC1. The molecule has 4 heteroatoms. The van der Waals surface area contributed by atoms with Gasteiger partial charge in [-0.2, -0.15) is 0 Å². The summed E-state index contributed by atoms with van der Waals surface area (Å²) in [6.45, 7) is 3.45. The van der Waals surface area contributed by atoms with Gasteiger partial charge in [-0.05, 0) is 42.4 Å². The molecule has 1 fully saturated rings. The number of anilines is 1. The minimum absolute atomic E-state index is 0.131. The van der Waals surface area contributed by atoms with E-state index in [1.807, 2.05) is 24.3 Å². The molecule has 1 aliphatic carbocycles. The van der Waals surface area contributed by atoms with Gasteiger partial charge in [-0.1, -0.05) is 25.5 Å². The number of rotatable bonds is 5. The molecule has 0 atom stereocenters. The maximum Gasteiger partial charge on any atom is 0.319 e. The molecule has 0 spiro atoms. The molecule has 0 aliphatic heterocycles. The third-order valence-corrected chi connectivity index (χ3v) is 4.21. The molecule has 1 aromatic rings. The van der Waals surface area contributed by atoms with Crippen LogP contribution in [0.2, 0.25) is 0 Å². The number of benzene rings is 1. The highest BCUT2D eigenvalue weighted by Crippen LogP contribution is 2.42. The number of hydrogen-bond acceptors (Lipinski definition) is 2. The van der Waals surface area contributed by atoms with Crippen LogP contribution in [-0.4, -0.2) is 12.6 Å². The summed E-state index contributed by atoms with van der Waals surface area (Å²) >= 11 is 0. The van der Waals surface area contributed by atoms with Crippen LogP contribution in [-0.2, 0) is 6.54 Å². The van der Waals surface area contributed by atoms with Crippen LogP contribution in [0.25, 0.3) is 0 Å². The molecule has 0 radical (unpaired) electrons. The van der Waals surface area contributed by atoms with E-state index in [-0.39, 0.29) is 6.03 Å². The van der Waals surface area contributed by atoms with Crippen LogP contribution in [0.4, 0.5) is 10.5 Å². The van der Waals surface area contributed by atoms with Crippen molar-refractivity contribution in [3.8, 4) is 0 Å². The monoisotopic (exact) mass is 261 g/mol. The van der Waals surface area contributed by atoms with Gasteiger partial charge in [0.15, 0.2) is 0 Å². The fraction of sp³-hybridized carbons (Fsp3) is 0.533. The lowest BCUT2D eigenvalue weighted by atomic mass is 9.67. The number of nitrogens with one attached hydrogen (secondary N) is 2. The summed E-state index contributed by atoms with van der Waals surface area (Å²) in [6, 6.07) is 7.49. The fourth-order valence-electron chi connectivity index (χ4n) is 2.55. The first-order valence-corrected chi connectivity index (χ1v) is 7.01. The smallest absolute Gasteiger partial charge is 0.319 e. The lowest BCUT2D eigenvalue weighted by Crippen LogP contribution is -2.43. The highest BCUT2D eigenvalue weighted by molar-refractivity contribution is 5.89. The molecule has 4 nitrogen and oxygen atoms in total. The van der Waals surface area contributed by atoms with Gasteiger partial charge in [-0.3, -0.25) is 0 Å². The van der Waals surface area contributed by atoms with Gasteiger partial charge in [0.05, 0.1) is 0 Å². The van der Waals surface area contributed by atoms with Crippen molar-refractivity contribution in [2.75, 3.05) is 11.9 Å². The average molecular weight is 261 g/mol. The molecule has 2 rings (SSSR count). The Labute approximate surface area is 114 Å². The first kappa shape index (κ1) is 13.9. The lowest BCUT2D eigenvalue weighted by Gasteiger charge is -2.41. The zero-order valence-corrected chi connectivity index (χ0v) is 11.5. The second-order valence-electron chi connectivity index (χ2n) is 5.42. The lowest BCUT2D eigenvalue weighted by molar-refractivity contribution is 0.127. The summed E-state index contributed by atoms with van der Waals surface area (Å²) < 4.78 is 0. The second-order valence-corrected chi connectivity index (χ2v) is 5.42.